The molecule has 0 amide bonds. The normalized spacial score (nSPS) is 19.5. The van der Waals surface area contributed by atoms with Gasteiger partial charge >= 0.3 is 0 Å². The first-order valence-electron chi connectivity index (χ1n) is 6.32. The van der Waals surface area contributed by atoms with Crippen molar-refractivity contribution in [3.63, 3.8) is 0 Å². The summed E-state index contributed by atoms with van der Waals surface area (Å²) < 4.78 is 26.7. The van der Waals surface area contributed by atoms with Crippen molar-refractivity contribution in [2.75, 3.05) is 19.6 Å². The lowest BCUT2D eigenvalue weighted by Crippen LogP contribution is -2.41. The number of nitrogens with zero attached hydrogens (tertiary/aromatic N) is 2. The molecule has 1 N–H and O–H groups in total. The first kappa shape index (κ1) is 14.0. The number of hydrogen-bond acceptors (Lipinski definition) is 4. The summed E-state index contributed by atoms with van der Waals surface area (Å²) in [6, 6.07) is 8.07. The van der Waals surface area contributed by atoms with E-state index in [9.17, 15) is 8.42 Å². The first-order valence-corrected chi connectivity index (χ1v) is 7.76. The number of hydrogen-bond donors (Lipinski definition) is 1. The van der Waals surface area contributed by atoms with Crippen LogP contribution in [0.2, 0.25) is 0 Å². The van der Waals surface area contributed by atoms with Crippen molar-refractivity contribution in [3.8, 4) is 6.07 Å². The number of rotatable bonds is 4. The zero-order valence-corrected chi connectivity index (χ0v) is 11.7. The number of nitriles is 1. The van der Waals surface area contributed by atoms with Crippen LogP contribution in [-0.2, 0) is 10.0 Å². The number of sulfonamides is 1. The number of benzene rings is 1. The van der Waals surface area contributed by atoms with Crippen molar-refractivity contribution >= 4 is 10.0 Å². The Balaban J connectivity index is 2.31. The lowest BCUT2D eigenvalue weighted by molar-refractivity contribution is 0.349. The van der Waals surface area contributed by atoms with E-state index in [1.807, 2.05) is 13.0 Å². The highest BCUT2D eigenvalue weighted by atomic mass is 32.2. The highest BCUT2D eigenvalue weighted by Crippen LogP contribution is 2.21. The minimum absolute atomic E-state index is 0.0191. The summed E-state index contributed by atoms with van der Waals surface area (Å²) in [5, 5.41) is 11.9. The molecule has 1 saturated heterocycles. The Hall–Kier alpha value is -1.42. The second-order valence-electron chi connectivity index (χ2n) is 4.49. The summed E-state index contributed by atoms with van der Waals surface area (Å²) >= 11 is 0. The third-order valence-corrected chi connectivity index (χ3v) is 5.38. The fourth-order valence-corrected chi connectivity index (χ4v) is 4.01. The van der Waals surface area contributed by atoms with E-state index in [1.54, 1.807) is 0 Å². The Morgan fingerprint density at radius 1 is 1.42 bits per heavy atom. The second kappa shape index (κ2) is 5.70. The molecule has 1 atom stereocenters. The molecule has 1 unspecified atom stereocenters. The topological polar surface area (TPSA) is 73.2 Å². The monoisotopic (exact) mass is 279 g/mol. The van der Waals surface area contributed by atoms with Gasteiger partial charge in [-0.25, -0.2) is 8.42 Å². The van der Waals surface area contributed by atoms with E-state index in [4.69, 9.17) is 5.26 Å². The maximum Gasteiger partial charge on any atom is 0.243 e. The van der Waals surface area contributed by atoms with Crippen LogP contribution in [0.3, 0.4) is 0 Å². The Morgan fingerprint density at radius 3 is 2.58 bits per heavy atom. The van der Waals surface area contributed by atoms with Crippen LogP contribution in [0, 0.1) is 11.3 Å². The molecule has 1 aliphatic heterocycles. The summed E-state index contributed by atoms with van der Waals surface area (Å²) in [7, 11) is -3.48. The van der Waals surface area contributed by atoms with Gasteiger partial charge in [-0.15, -0.1) is 0 Å². The van der Waals surface area contributed by atoms with Crippen LogP contribution < -0.4 is 5.32 Å². The zero-order valence-electron chi connectivity index (χ0n) is 10.8. The Kier molecular flexibility index (Phi) is 4.20. The molecule has 0 saturated carbocycles. The lowest BCUT2D eigenvalue weighted by atomic mass is 10.2. The summed E-state index contributed by atoms with van der Waals surface area (Å²) in [5.41, 5.74) is 0.463. The SMILES string of the molecule is CCN(C1CCNC1)S(=O)(=O)c1ccc(C#N)cc1. The van der Waals surface area contributed by atoms with Gasteiger partial charge in [0.15, 0.2) is 0 Å². The van der Waals surface area contributed by atoms with E-state index >= 15 is 0 Å². The van der Waals surface area contributed by atoms with Gasteiger partial charge in [0, 0.05) is 19.1 Å². The minimum Gasteiger partial charge on any atom is -0.315 e. The molecule has 1 aromatic carbocycles. The fraction of sp³-hybridized carbons (Fsp3) is 0.462. The minimum atomic E-state index is -3.48. The van der Waals surface area contributed by atoms with Crippen LogP contribution in [0.1, 0.15) is 18.9 Å². The molecule has 5 nitrogen and oxygen atoms in total. The molecule has 0 radical (unpaired) electrons. The van der Waals surface area contributed by atoms with Crippen LogP contribution in [0.4, 0.5) is 0 Å². The quantitative estimate of drug-likeness (QED) is 0.890. The van der Waals surface area contributed by atoms with Crippen LogP contribution in [0.5, 0.6) is 0 Å². The van der Waals surface area contributed by atoms with Gasteiger partial charge in [-0.05, 0) is 37.2 Å². The molecule has 6 heteroatoms. The predicted molar refractivity (Wildman–Crippen MR) is 72.0 cm³/mol. The molecular formula is C13H17N3O2S. The summed E-state index contributed by atoms with van der Waals surface area (Å²) in [4.78, 5) is 0.250. The van der Waals surface area contributed by atoms with E-state index in [0.29, 0.717) is 18.7 Å². The molecule has 1 aliphatic rings. The van der Waals surface area contributed by atoms with Crippen molar-refractivity contribution in [1.29, 1.82) is 5.26 Å². The second-order valence-corrected chi connectivity index (χ2v) is 6.38. The third kappa shape index (κ3) is 2.78. The standard InChI is InChI=1S/C13H17N3O2S/c1-2-16(12-7-8-15-10-12)19(17,18)13-5-3-11(9-14)4-6-13/h3-6,12,15H,2,7-8,10H2,1H3. The largest absolute Gasteiger partial charge is 0.315 e. The van der Waals surface area contributed by atoms with E-state index in [0.717, 1.165) is 13.0 Å². The van der Waals surface area contributed by atoms with Gasteiger partial charge in [0.25, 0.3) is 0 Å². The van der Waals surface area contributed by atoms with Gasteiger partial charge in [-0.3, -0.25) is 0 Å². The maximum atomic E-state index is 12.6. The average Bonchev–Trinajstić information content (AvgIpc) is 2.93. The highest BCUT2D eigenvalue weighted by Gasteiger charge is 2.31. The van der Waals surface area contributed by atoms with E-state index in [2.05, 4.69) is 5.32 Å². The summed E-state index contributed by atoms with van der Waals surface area (Å²) in [6.07, 6.45) is 0.837. The van der Waals surface area contributed by atoms with E-state index < -0.39 is 10.0 Å². The van der Waals surface area contributed by atoms with Gasteiger partial charge in [0.05, 0.1) is 16.5 Å². The molecule has 1 heterocycles. The molecule has 0 spiro atoms. The molecule has 19 heavy (non-hydrogen) atoms. The molecular weight excluding hydrogens is 262 g/mol. The van der Waals surface area contributed by atoms with Gasteiger partial charge in [0.1, 0.15) is 0 Å². The van der Waals surface area contributed by atoms with Crippen molar-refractivity contribution in [1.82, 2.24) is 9.62 Å². The van der Waals surface area contributed by atoms with Crippen LogP contribution in [0.15, 0.2) is 29.2 Å². The van der Waals surface area contributed by atoms with Crippen molar-refractivity contribution in [3.05, 3.63) is 29.8 Å². The van der Waals surface area contributed by atoms with Crippen LogP contribution in [0.25, 0.3) is 0 Å². The van der Waals surface area contributed by atoms with E-state index in [1.165, 1.54) is 28.6 Å². The van der Waals surface area contributed by atoms with Gasteiger partial charge < -0.3 is 5.32 Å². The fourth-order valence-electron chi connectivity index (χ4n) is 2.35. The van der Waals surface area contributed by atoms with Crippen LogP contribution >= 0.6 is 0 Å². The van der Waals surface area contributed by atoms with Crippen molar-refractivity contribution in [2.45, 2.75) is 24.3 Å². The molecule has 2 rings (SSSR count). The Bertz CT molecular complexity index is 569. The molecule has 1 aromatic rings. The van der Waals surface area contributed by atoms with E-state index in [-0.39, 0.29) is 10.9 Å². The summed E-state index contributed by atoms with van der Waals surface area (Å²) in [5.74, 6) is 0. The molecule has 0 aliphatic carbocycles. The average molecular weight is 279 g/mol. The molecule has 0 aromatic heterocycles. The van der Waals surface area contributed by atoms with Gasteiger partial charge in [-0.2, -0.15) is 9.57 Å². The van der Waals surface area contributed by atoms with Crippen LogP contribution in [-0.4, -0.2) is 38.4 Å². The summed E-state index contributed by atoms with van der Waals surface area (Å²) in [6.45, 7) is 3.85. The Labute approximate surface area is 113 Å². The van der Waals surface area contributed by atoms with Crippen molar-refractivity contribution < 1.29 is 8.42 Å². The van der Waals surface area contributed by atoms with Gasteiger partial charge in [0.2, 0.25) is 10.0 Å². The maximum absolute atomic E-state index is 12.6. The van der Waals surface area contributed by atoms with Gasteiger partial charge in [-0.1, -0.05) is 6.92 Å². The predicted octanol–water partition coefficient (Wildman–Crippen LogP) is 0.931. The number of likely N-dealkylation sites (N-methyl/N-ethyl adjacent to an activating group) is 1. The highest BCUT2D eigenvalue weighted by molar-refractivity contribution is 7.89. The molecule has 1 fully saturated rings. The zero-order chi connectivity index (χ0) is 13.9. The third-order valence-electron chi connectivity index (χ3n) is 3.34. The number of nitrogens with one attached hydrogen (secondary N) is 1. The smallest absolute Gasteiger partial charge is 0.243 e. The molecule has 102 valence electrons. The first-order chi connectivity index (χ1) is 9.09. The Morgan fingerprint density at radius 2 is 2.11 bits per heavy atom. The lowest BCUT2D eigenvalue weighted by Gasteiger charge is -2.26. The molecule has 0 bridgehead atoms. The van der Waals surface area contributed by atoms with Crippen molar-refractivity contribution in [2.24, 2.45) is 0 Å².